The van der Waals surface area contributed by atoms with Gasteiger partial charge < -0.3 is 18.7 Å². The summed E-state index contributed by atoms with van der Waals surface area (Å²) in [6.45, 7) is 4.81. The van der Waals surface area contributed by atoms with E-state index in [4.69, 9.17) is 13.8 Å². The molecule has 10 heteroatoms. The molecule has 10 nitrogen and oxygen atoms in total. The number of methoxy groups -OCH3 is 1. The van der Waals surface area contributed by atoms with Gasteiger partial charge in [-0.3, -0.25) is 9.69 Å². The summed E-state index contributed by atoms with van der Waals surface area (Å²) >= 11 is 0. The number of hydrogen-bond donors (Lipinski definition) is 0. The minimum Gasteiger partial charge on any atom is -0.497 e. The average molecular weight is 489 g/mol. The van der Waals surface area contributed by atoms with Gasteiger partial charge in [-0.1, -0.05) is 40.6 Å². The second-order valence-electron chi connectivity index (χ2n) is 8.66. The quantitative estimate of drug-likeness (QED) is 0.367. The van der Waals surface area contributed by atoms with Crippen LogP contribution in [0.3, 0.4) is 0 Å². The Morgan fingerprint density at radius 3 is 2.31 bits per heavy atom. The average Bonchev–Trinajstić information content (AvgIpc) is 3.63. The maximum Gasteiger partial charge on any atom is 0.244 e. The Kier molecular flexibility index (Phi) is 7.03. The number of aromatic nitrogens is 4. The molecule has 0 spiro atoms. The highest BCUT2D eigenvalue weighted by molar-refractivity contribution is 5.76. The highest BCUT2D eigenvalue weighted by Gasteiger charge is 2.28. The molecule has 0 aliphatic carbocycles. The predicted octanol–water partition coefficient (Wildman–Crippen LogP) is 3.63. The molecule has 0 saturated carbocycles. The molecule has 0 radical (unpaired) electrons. The number of piperazine rings is 1. The van der Waals surface area contributed by atoms with E-state index in [-0.39, 0.29) is 11.9 Å². The smallest absolute Gasteiger partial charge is 0.244 e. The van der Waals surface area contributed by atoms with Gasteiger partial charge in [0, 0.05) is 50.1 Å². The van der Waals surface area contributed by atoms with E-state index >= 15 is 0 Å². The molecule has 1 saturated heterocycles. The molecule has 1 aliphatic rings. The first-order chi connectivity index (χ1) is 17.6. The highest BCUT2D eigenvalue weighted by Crippen LogP contribution is 2.24. The summed E-state index contributed by atoms with van der Waals surface area (Å²) in [5, 5.41) is 8.16. The van der Waals surface area contributed by atoms with Crippen molar-refractivity contribution in [3.05, 3.63) is 66.4 Å². The number of carbonyl (C=O) groups is 1. The van der Waals surface area contributed by atoms with Crippen molar-refractivity contribution in [2.75, 3.05) is 33.3 Å². The second-order valence-corrected chi connectivity index (χ2v) is 8.66. The third-order valence-corrected chi connectivity index (χ3v) is 6.41. The third kappa shape index (κ3) is 5.28. The van der Waals surface area contributed by atoms with Crippen LogP contribution in [-0.4, -0.2) is 69.3 Å². The van der Waals surface area contributed by atoms with Crippen molar-refractivity contribution in [3.8, 4) is 28.5 Å². The van der Waals surface area contributed by atoms with Gasteiger partial charge in [-0.15, -0.1) is 0 Å². The molecule has 0 N–H and O–H groups in total. The van der Waals surface area contributed by atoms with Crippen LogP contribution in [0.15, 0.2) is 63.6 Å². The van der Waals surface area contributed by atoms with Crippen LogP contribution in [0.4, 0.5) is 0 Å². The molecule has 186 valence electrons. The first kappa shape index (κ1) is 23.7. The fraction of sp³-hybridized carbons (Fsp3) is 0.346. The maximum absolute atomic E-state index is 12.8. The van der Waals surface area contributed by atoms with E-state index in [0.29, 0.717) is 49.4 Å². The Hall–Kier alpha value is -4.05. The molecular formula is C26H28N6O4. The summed E-state index contributed by atoms with van der Waals surface area (Å²) in [4.78, 5) is 25.9. The van der Waals surface area contributed by atoms with Gasteiger partial charge >= 0.3 is 0 Å². The normalized spacial score (nSPS) is 15.1. The molecule has 1 amide bonds. The molecule has 5 rings (SSSR count). The Bertz CT molecular complexity index is 1280. The number of nitrogens with zero attached hydrogens (tertiary/aromatic N) is 6. The van der Waals surface area contributed by atoms with Crippen molar-refractivity contribution in [3.63, 3.8) is 0 Å². The van der Waals surface area contributed by atoms with Gasteiger partial charge in [-0.05, 0) is 31.2 Å². The van der Waals surface area contributed by atoms with Crippen molar-refractivity contribution < 1.29 is 18.6 Å². The zero-order valence-electron chi connectivity index (χ0n) is 20.3. The number of ether oxygens (including phenoxy) is 1. The zero-order valence-corrected chi connectivity index (χ0v) is 20.3. The standard InChI is InChI=1S/C26H28N6O4/c1-18(26-28-25(30-36-26)19-6-4-3-5-7-19)31-14-16-32(17-15-31)23(33)13-12-22-27-24(29-35-22)20-8-10-21(34-2)11-9-20/h3-11,18H,12-17H2,1-2H3. The lowest BCUT2D eigenvalue weighted by Crippen LogP contribution is -2.49. The number of carbonyl (C=O) groups excluding carboxylic acids is 1. The Labute approximate surface area is 208 Å². The van der Waals surface area contributed by atoms with Crippen LogP contribution < -0.4 is 4.74 Å². The maximum atomic E-state index is 12.8. The Balaban J connectivity index is 1.10. The Morgan fingerprint density at radius 2 is 1.58 bits per heavy atom. The first-order valence-corrected chi connectivity index (χ1v) is 12.0. The van der Waals surface area contributed by atoms with Crippen LogP contribution in [-0.2, 0) is 11.2 Å². The summed E-state index contributed by atoms with van der Waals surface area (Å²) < 4.78 is 16.1. The molecule has 1 fully saturated rings. The van der Waals surface area contributed by atoms with Crippen LogP contribution in [0.5, 0.6) is 5.75 Å². The number of benzene rings is 2. The molecule has 2 aromatic heterocycles. The predicted molar refractivity (Wildman–Crippen MR) is 131 cm³/mol. The fourth-order valence-electron chi connectivity index (χ4n) is 4.21. The van der Waals surface area contributed by atoms with Gasteiger partial charge in [-0.25, -0.2) is 0 Å². The summed E-state index contributed by atoms with van der Waals surface area (Å²) in [6.07, 6.45) is 0.729. The Morgan fingerprint density at radius 1 is 0.917 bits per heavy atom. The minimum atomic E-state index is -0.0259. The van der Waals surface area contributed by atoms with Crippen molar-refractivity contribution in [1.29, 1.82) is 0 Å². The molecule has 0 bridgehead atoms. The van der Waals surface area contributed by atoms with E-state index in [1.807, 2.05) is 59.5 Å². The minimum absolute atomic E-state index is 0.0259. The molecule has 1 aliphatic heterocycles. The molecule has 36 heavy (non-hydrogen) atoms. The van der Waals surface area contributed by atoms with Gasteiger partial charge in [0.15, 0.2) is 0 Å². The van der Waals surface area contributed by atoms with Gasteiger partial charge in [0.1, 0.15) is 5.75 Å². The van der Waals surface area contributed by atoms with E-state index in [9.17, 15) is 4.79 Å². The first-order valence-electron chi connectivity index (χ1n) is 12.0. The largest absolute Gasteiger partial charge is 0.497 e. The summed E-state index contributed by atoms with van der Waals surface area (Å²) in [5.41, 5.74) is 1.76. The molecule has 3 heterocycles. The van der Waals surface area contributed by atoms with Crippen LogP contribution in [0.25, 0.3) is 22.8 Å². The molecule has 4 aromatic rings. The van der Waals surface area contributed by atoms with Gasteiger partial charge in [0.25, 0.3) is 0 Å². The van der Waals surface area contributed by atoms with Crippen molar-refractivity contribution in [1.82, 2.24) is 30.1 Å². The van der Waals surface area contributed by atoms with E-state index in [1.165, 1.54) is 0 Å². The summed E-state index contributed by atoms with van der Waals surface area (Å²) in [5.74, 6) is 2.96. The number of aryl methyl sites for hydroxylation is 1. The molecule has 1 atom stereocenters. The van der Waals surface area contributed by atoms with Crippen LogP contribution in [0.2, 0.25) is 0 Å². The molecule has 1 unspecified atom stereocenters. The van der Waals surface area contributed by atoms with E-state index in [1.54, 1.807) is 7.11 Å². The lowest BCUT2D eigenvalue weighted by Gasteiger charge is -2.36. The number of rotatable bonds is 8. The lowest BCUT2D eigenvalue weighted by molar-refractivity contribution is -0.133. The van der Waals surface area contributed by atoms with Crippen molar-refractivity contribution >= 4 is 5.91 Å². The van der Waals surface area contributed by atoms with E-state index in [2.05, 4.69) is 32.1 Å². The van der Waals surface area contributed by atoms with Gasteiger partial charge in [0.2, 0.25) is 29.3 Å². The van der Waals surface area contributed by atoms with E-state index in [0.717, 1.165) is 30.0 Å². The SMILES string of the molecule is COc1ccc(-c2noc(CCC(=O)N3CCN(C(C)c4nc(-c5ccccc5)no4)CC3)n2)cc1. The van der Waals surface area contributed by atoms with Crippen LogP contribution in [0.1, 0.15) is 31.2 Å². The topological polar surface area (TPSA) is 111 Å². The lowest BCUT2D eigenvalue weighted by atomic mass is 10.2. The zero-order chi connectivity index (χ0) is 24.9. The van der Waals surface area contributed by atoms with E-state index < -0.39 is 0 Å². The highest BCUT2D eigenvalue weighted by atomic mass is 16.5. The summed E-state index contributed by atoms with van der Waals surface area (Å²) in [6, 6.07) is 17.2. The van der Waals surface area contributed by atoms with Crippen LogP contribution >= 0.6 is 0 Å². The second kappa shape index (κ2) is 10.7. The van der Waals surface area contributed by atoms with Gasteiger partial charge in [0.05, 0.1) is 13.2 Å². The van der Waals surface area contributed by atoms with Crippen LogP contribution in [0, 0.1) is 0 Å². The fourth-order valence-corrected chi connectivity index (χ4v) is 4.21. The van der Waals surface area contributed by atoms with Gasteiger partial charge in [-0.2, -0.15) is 9.97 Å². The third-order valence-electron chi connectivity index (χ3n) is 6.41. The van der Waals surface area contributed by atoms with Crippen molar-refractivity contribution in [2.24, 2.45) is 0 Å². The summed E-state index contributed by atoms with van der Waals surface area (Å²) in [7, 11) is 1.62. The number of hydrogen-bond acceptors (Lipinski definition) is 9. The van der Waals surface area contributed by atoms with Crippen molar-refractivity contribution in [2.45, 2.75) is 25.8 Å². The monoisotopic (exact) mass is 488 g/mol. The molecule has 2 aromatic carbocycles. The molecular weight excluding hydrogens is 460 g/mol. The number of amides is 1.